The third kappa shape index (κ3) is 1.28. The average molecular weight is 180 g/mol. The Morgan fingerprint density at radius 1 is 1.46 bits per heavy atom. The van der Waals surface area contributed by atoms with Gasteiger partial charge in [0.15, 0.2) is 0 Å². The van der Waals surface area contributed by atoms with E-state index >= 15 is 0 Å². The Morgan fingerprint density at radius 2 is 2.23 bits per heavy atom. The highest BCUT2D eigenvalue weighted by Gasteiger charge is 2.42. The Kier molecular flexibility index (Phi) is 1.94. The van der Waals surface area contributed by atoms with Gasteiger partial charge in [-0.1, -0.05) is 12.2 Å². The zero-order valence-corrected chi connectivity index (χ0v) is 7.22. The Labute approximate surface area is 76.4 Å². The van der Waals surface area contributed by atoms with Crippen LogP contribution in [0.15, 0.2) is 12.2 Å². The van der Waals surface area contributed by atoms with Gasteiger partial charge in [-0.2, -0.15) is 0 Å². The molecule has 2 aliphatic rings. The molecule has 0 spiro atoms. The Hall–Kier alpha value is -1.12. The van der Waals surface area contributed by atoms with Crippen LogP contribution in [-0.4, -0.2) is 17.4 Å². The van der Waals surface area contributed by atoms with Gasteiger partial charge in [0.1, 0.15) is 12.2 Å². The van der Waals surface area contributed by atoms with Crippen LogP contribution in [0.2, 0.25) is 0 Å². The number of carboxylic acids is 1. The number of carboxylic acid groups (broad SMARTS) is 1. The van der Waals surface area contributed by atoms with Crippen LogP contribution >= 0.6 is 0 Å². The van der Waals surface area contributed by atoms with E-state index in [-0.39, 0.29) is 5.92 Å². The van der Waals surface area contributed by atoms with Crippen molar-refractivity contribution in [2.75, 3.05) is 0 Å². The number of allylic oxidation sites excluding steroid dienone is 2. The number of fused-ring (bicyclic) bond motifs is 2. The van der Waals surface area contributed by atoms with Crippen molar-refractivity contribution in [2.45, 2.75) is 12.8 Å². The molecular weight excluding hydrogens is 168 g/mol. The van der Waals surface area contributed by atoms with Crippen LogP contribution in [0.3, 0.4) is 0 Å². The topological polar surface area (TPSA) is 54.4 Å². The summed E-state index contributed by atoms with van der Waals surface area (Å²) in [6.45, 7) is 0. The molecule has 70 valence electrons. The number of carbonyl (C=O) groups excluding carboxylic acids is 1. The molecule has 0 heterocycles. The largest absolute Gasteiger partial charge is 0.481 e. The van der Waals surface area contributed by atoms with Gasteiger partial charge in [-0.05, 0) is 30.6 Å². The fraction of sp³-hybridized carbons (Fsp3) is 0.600. The second-order valence-corrected chi connectivity index (χ2v) is 3.94. The summed E-state index contributed by atoms with van der Waals surface area (Å²) in [5.41, 5.74) is 0. The van der Waals surface area contributed by atoms with Crippen molar-refractivity contribution >= 4 is 12.3 Å². The maximum absolute atomic E-state index is 10.7. The summed E-state index contributed by atoms with van der Waals surface area (Å²) >= 11 is 0. The van der Waals surface area contributed by atoms with Gasteiger partial charge in [0, 0.05) is 0 Å². The third-order valence-electron chi connectivity index (χ3n) is 3.22. The normalized spacial score (nSPS) is 37.7. The maximum Gasteiger partial charge on any atom is 0.314 e. The summed E-state index contributed by atoms with van der Waals surface area (Å²) in [5.74, 6) is -0.862. The zero-order chi connectivity index (χ0) is 9.42. The standard InChI is InChI=1S/C10H12O3/c11-5-9(10(12)13)8-4-6-1-2-7(8)3-6/h1-2,5-9H,3-4H2,(H,12,13). The van der Waals surface area contributed by atoms with E-state index < -0.39 is 11.9 Å². The highest BCUT2D eigenvalue weighted by atomic mass is 16.4. The molecule has 0 saturated heterocycles. The molecule has 3 nitrogen and oxygen atoms in total. The Bertz CT molecular complexity index is 269. The summed E-state index contributed by atoms with van der Waals surface area (Å²) < 4.78 is 0. The van der Waals surface area contributed by atoms with Gasteiger partial charge in [0.25, 0.3) is 0 Å². The molecule has 2 rings (SSSR count). The quantitative estimate of drug-likeness (QED) is 0.402. The minimum Gasteiger partial charge on any atom is -0.481 e. The molecule has 1 N–H and O–H groups in total. The van der Waals surface area contributed by atoms with E-state index in [2.05, 4.69) is 12.2 Å². The van der Waals surface area contributed by atoms with Crippen LogP contribution in [0.4, 0.5) is 0 Å². The summed E-state index contributed by atoms with van der Waals surface area (Å²) in [5, 5.41) is 8.81. The molecule has 1 saturated carbocycles. The summed E-state index contributed by atoms with van der Waals surface area (Å²) in [6, 6.07) is 0. The fourth-order valence-corrected chi connectivity index (χ4v) is 2.58. The van der Waals surface area contributed by atoms with Crippen LogP contribution < -0.4 is 0 Å². The van der Waals surface area contributed by atoms with Crippen LogP contribution in [0, 0.1) is 23.7 Å². The number of hydrogen-bond donors (Lipinski definition) is 1. The molecule has 0 aromatic carbocycles. The average Bonchev–Trinajstić information content (AvgIpc) is 2.65. The minimum absolute atomic E-state index is 0.0463. The molecular formula is C10H12O3. The maximum atomic E-state index is 10.7. The van der Waals surface area contributed by atoms with Crippen molar-refractivity contribution in [1.29, 1.82) is 0 Å². The molecule has 0 amide bonds. The molecule has 3 heteroatoms. The van der Waals surface area contributed by atoms with E-state index in [4.69, 9.17) is 5.11 Å². The lowest BCUT2D eigenvalue weighted by molar-refractivity contribution is -0.146. The predicted molar refractivity (Wildman–Crippen MR) is 46.0 cm³/mol. The predicted octanol–water partition coefficient (Wildman–Crippen LogP) is 1.10. The minimum atomic E-state index is -0.971. The number of rotatable bonds is 3. The number of hydrogen-bond acceptors (Lipinski definition) is 2. The molecule has 0 radical (unpaired) electrons. The Morgan fingerprint density at radius 3 is 2.62 bits per heavy atom. The van der Waals surface area contributed by atoms with Crippen molar-refractivity contribution in [3.05, 3.63) is 12.2 Å². The van der Waals surface area contributed by atoms with Gasteiger partial charge in [-0.3, -0.25) is 4.79 Å². The highest BCUT2D eigenvalue weighted by Crippen LogP contribution is 2.46. The van der Waals surface area contributed by atoms with E-state index in [0.717, 1.165) is 12.8 Å². The van der Waals surface area contributed by atoms with Gasteiger partial charge in [0.05, 0.1) is 0 Å². The second kappa shape index (κ2) is 2.98. The molecule has 4 unspecified atom stereocenters. The third-order valence-corrected chi connectivity index (χ3v) is 3.22. The molecule has 2 bridgehead atoms. The number of aliphatic carboxylic acids is 1. The smallest absolute Gasteiger partial charge is 0.314 e. The van der Waals surface area contributed by atoms with Crippen molar-refractivity contribution in [1.82, 2.24) is 0 Å². The van der Waals surface area contributed by atoms with Gasteiger partial charge in [-0.15, -0.1) is 0 Å². The number of carbonyl (C=O) groups is 2. The second-order valence-electron chi connectivity index (χ2n) is 3.94. The SMILES string of the molecule is O=CC(C(=O)O)C1CC2C=CC1C2. The van der Waals surface area contributed by atoms with Gasteiger partial charge in [-0.25, -0.2) is 0 Å². The first-order valence-corrected chi connectivity index (χ1v) is 4.59. The molecule has 1 fully saturated rings. The van der Waals surface area contributed by atoms with E-state index in [1.807, 2.05) is 0 Å². The van der Waals surface area contributed by atoms with Crippen LogP contribution in [0.5, 0.6) is 0 Å². The Balaban J connectivity index is 2.13. The molecule has 0 aromatic heterocycles. The van der Waals surface area contributed by atoms with Crippen molar-refractivity contribution in [3.8, 4) is 0 Å². The highest BCUT2D eigenvalue weighted by molar-refractivity contribution is 5.86. The fourth-order valence-electron chi connectivity index (χ4n) is 2.58. The molecule has 2 aliphatic carbocycles. The first kappa shape index (κ1) is 8.48. The zero-order valence-electron chi connectivity index (χ0n) is 7.22. The van der Waals surface area contributed by atoms with E-state index in [1.165, 1.54) is 0 Å². The summed E-state index contributed by atoms with van der Waals surface area (Å²) in [7, 11) is 0. The van der Waals surface area contributed by atoms with E-state index in [9.17, 15) is 9.59 Å². The first-order valence-electron chi connectivity index (χ1n) is 4.59. The van der Waals surface area contributed by atoms with E-state index in [1.54, 1.807) is 0 Å². The van der Waals surface area contributed by atoms with Crippen LogP contribution in [-0.2, 0) is 9.59 Å². The lowest BCUT2D eigenvalue weighted by atomic mass is 9.83. The lowest BCUT2D eigenvalue weighted by Crippen LogP contribution is -2.27. The van der Waals surface area contributed by atoms with Gasteiger partial charge in [0.2, 0.25) is 0 Å². The van der Waals surface area contributed by atoms with Crippen molar-refractivity contribution in [2.24, 2.45) is 23.7 Å². The van der Waals surface area contributed by atoms with Crippen LogP contribution in [0.1, 0.15) is 12.8 Å². The van der Waals surface area contributed by atoms with E-state index in [0.29, 0.717) is 18.1 Å². The summed E-state index contributed by atoms with van der Waals surface area (Å²) in [4.78, 5) is 21.3. The van der Waals surface area contributed by atoms with Crippen molar-refractivity contribution < 1.29 is 14.7 Å². The summed E-state index contributed by atoms with van der Waals surface area (Å²) in [6.07, 6.45) is 6.71. The molecule has 4 atom stereocenters. The molecule has 0 aliphatic heterocycles. The number of aldehydes is 1. The van der Waals surface area contributed by atoms with Crippen molar-refractivity contribution in [3.63, 3.8) is 0 Å². The first-order chi connectivity index (χ1) is 6.22. The van der Waals surface area contributed by atoms with Gasteiger partial charge < -0.3 is 9.90 Å². The van der Waals surface area contributed by atoms with Crippen LogP contribution in [0.25, 0.3) is 0 Å². The monoisotopic (exact) mass is 180 g/mol. The molecule has 0 aromatic rings. The lowest BCUT2D eigenvalue weighted by Gasteiger charge is -2.20. The molecule has 13 heavy (non-hydrogen) atoms. The van der Waals surface area contributed by atoms with Gasteiger partial charge >= 0.3 is 5.97 Å².